The molecule has 1 N–H and O–H groups in total. The van der Waals surface area contributed by atoms with E-state index in [9.17, 15) is 22.4 Å². The van der Waals surface area contributed by atoms with E-state index < -0.39 is 34.3 Å². The second kappa shape index (κ2) is 13.8. The fourth-order valence-corrected chi connectivity index (χ4v) is 6.60. The van der Waals surface area contributed by atoms with Crippen LogP contribution in [0.4, 0.5) is 10.1 Å². The summed E-state index contributed by atoms with van der Waals surface area (Å²) in [4.78, 5) is 29.1. The lowest BCUT2D eigenvalue weighted by atomic mass is 10.1. The summed E-state index contributed by atoms with van der Waals surface area (Å²) < 4.78 is 47.9. The van der Waals surface area contributed by atoms with Crippen LogP contribution in [0.15, 0.2) is 77.7 Å². The quantitative estimate of drug-likeness (QED) is 0.310. The number of aryl methyl sites for hydroxylation is 1. The third-order valence-corrected chi connectivity index (χ3v) is 9.39. The number of halogens is 1. The van der Waals surface area contributed by atoms with Crippen molar-refractivity contribution in [2.45, 2.75) is 69.5 Å². The lowest BCUT2D eigenvalue weighted by Crippen LogP contribution is -2.53. The number of hydrogen-bond donors (Lipinski definition) is 1. The first-order valence-electron chi connectivity index (χ1n) is 14.2. The fourth-order valence-electron chi connectivity index (χ4n) is 5.19. The van der Waals surface area contributed by atoms with Crippen molar-refractivity contribution in [2.75, 3.05) is 18.0 Å². The first-order valence-corrected chi connectivity index (χ1v) is 15.6. The molecule has 10 heteroatoms. The van der Waals surface area contributed by atoms with Crippen LogP contribution in [0.1, 0.15) is 50.2 Å². The van der Waals surface area contributed by atoms with Crippen molar-refractivity contribution < 1.29 is 27.1 Å². The molecule has 1 aliphatic rings. The minimum Gasteiger partial charge on any atom is -0.497 e. The lowest BCUT2D eigenvalue weighted by molar-refractivity contribution is -0.140. The molecular weight excluding hydrogens is 557 g/mol. The van der Waals surface area contributed by atoms with Crippen LogP contribution in [0.3, 0.4) is 0 Å². The maximum Gasteiger partial charge on any atom is 0.264 e. The number of nitrogens with zero attached hydrogens (tertiary/aromatic N) is 2. The molecule has 2 amide bonds. The van der Waals surface area contributed by atoms with Crippen molar-refractivity contribution in [1.29, 1.82) is 0 Å². The van der Waals surface area contributed by atoms with Crippen LogP contribution < -0.4 is 14.4 Å². The summed E-state index contributed by atoms with van der Waals surface area (Å²) >= 11 is 0. The molecule has 0 bridgehead atoms. The molecule has 4 rings (SSSR count). The topological polar surface area (TPSA) is 96.0 Å². The molecule has 1 fully saturated rings. The molecule has 224 valence electrons. The lowest BCUT2D eigenvalue weighted by Gasteiger charge is -2.33. The molecule has 3 aromatic rings. The zero-order valence-electron chi connectivity index (χ0n) is 24.3. The molecular formula is C32H38FN3O5S. The van der Waals surface area contributed by atoms with Gasteiger partial charge in [0.2, 0.25) is 11.8 Å². The van der Waals surface area contributed by atoms with E-state index in [2.05, 4.69) is 5.32 Å². The van der Waals surface area contributed by atoms with Gasteiger partial charge in [0.1, 0.15) is 24.2 Å². The molecule has 0 saturated heterocycles. The second-order valence-corrected chi connectivity index (χ2v) is 12.4. The number of nitrogens with one attached hydrogen (secondary N) is 1. The van der Waals surface area contributed by atoms with Gasteiger partial charge in [-0.1, -0.05) is 49.6 Å². The van der Waals surface area contributed by atoms with Gasteiger partial charge in [-0.15, -0.1) is 0 Å². The number of methoxy groups -OCH3 is 1. The second-order valence-electron chi connectivity index (χ2n) is 10.6. The van der Waals surface area contributed by atoms with Crippen LogP contribution in [0.5, 0.6) is 5.75 Å². The Kier molecular flexibility index (Phi) is 10.2. The van der Waals surface area contributed by atoms with Gasteiger partial charge in [-0.25, -0.2) is 12.8 Å². The molecule has 0 heterocycles. The Bertz CT molecular complexity index is 1460. The Morgan fingerprint density at radius 2 is 1.60 bits per heavy atom. The van der Waals surface area contributed by atoms with E-state index >= 15 is 0 Å². The van der Waals surface area contributed by atoms with Gasteiger partial charge in [0.25, 0.3) is 10.0 Å². The van der Waals surface area contributed by atoms with E-state index in [1.54, 1.807) is 48.5 Å². The number of benzene rings is 3. The number of anilines is 1. The van der Waals surface area contributed by atoms with Gasteiger partial charge >= 0.3 is 0 Å². The van der Waals surface area contributed by atoms with E-state index in [1.165, 1.54) is 36.3 Å². The highest BCUT2D eigenvalue weighted by atomic mass is 32.2. The van der Waals surface area contributed by atoms with Gasteiger partial charge in [-0.05, 0) is 80.3 Å². The number of rotatable bonds is 12. The van der Waals surface area contributed by atoms with E-state index in [1.807, 2.05) is 13.8 Å². The van der Waals surface area contributed by atoms with Crippen LogP contribution in [0.2, 0.25) is 0 Å². The first-order chi connectivity index (χ1) is 20.1. The molecule has 1 saturated carbocycles. The summed E-state index contributed by atoms with van der Waals surface area (Å²) in [6.45, 7) is 3.14. The van der Waals surface area contributed by atoms with E-state index in [-0.39, 0.29) is 29.1 Å². The maximum atomic E-state index is 14.1. The van der Waals surface area contributed by atoms with Gasteiger partial charge in [-0.2, -0.15) is 0 Å². The summed E-state index contributed by atoms with van der Waals surface area (Å²) in [6, 6.07) is 17.7. The summed E-state index contributed by atoms with van der Waals surface area (Å²) in [5, 5.41) is 3.08. The molecule has 1 atom stereocenters. The van der Waals surface area contributed by atoms with Crippen molar-refractivity contribution in [3.8, 4) is 5.75 Å². The predicted molar refractivity (Wildman–Crippen MR) is 160 cm³/mol. The van der Waals surface area contributed by atoms with Crippen LogP contribution in [-0.4, -0.2) is 50.9 Å². The van der Waals surface area contributed by atoms with Gasteiger partial charge < -0.3 is 15.0 Å². The molecule has 0 spiro atoms. The Hall–Kier alpha value is -3.92. The zero-order chi connectivity index (χ0) is 30.3. The summed E-state index contributed by atoms with van der Waals surface area (Å²) in [5.74, 6) is -0.723. The van der Waals surface area contributed by atoms with Gasteiger partial charge in [0.15, 0.2) is 0 Å². The molecule has 0 radical (unpaired) electrons. The van der Waals surface area contributed by atoms with Crippen LogP contribution in [-0.2, 0) is 26.2 Å². The number of carbonyl (C=O) groups is 2. The molecule has 42 heavy (non-hydrogen) atoms. The van der Waals surface area contributed by atoms with Crippen molar-refractivity contribution in [2.24, 2.45) is 0 Å². The summed E-state index contributed by atoms with van der Waals surface area (Å²) in [7, 11) is -2.67. The number of carbonyl (C=O) groups excluding carboxylic acids is 2. The van der Waals surface area contributed by atoms with E-state index in [0.717, 1.165) is 35.6 Å². The van der Waals surface area contributed by atoms with Gasteiger partial charge in [0.05, 0.1) is 17.7 Å². The normalized spacial score (nSPS) is 14.3. The average molecular weight is 596 g/mol. The summed E-state index contributed by atoms with van der Waals surface area (Å²) in [6.07, 6.45) is 4.16. The molecule has 1 aliphatic carbocycles. The van der Waals surface area contributed by atoms with Crippen LogP contribution in [0.25, 0.3) is 0 Å². The molecule has 0 unspecified atom stereocenters. The minimum absolute atomic E-state index is 0.0107. The smallest absolute Gasteiger partial charge is 0.264 e. The number of hydrogen-bond acceptors (Lipinski definition) is 5. The average Bonchev–Trinajstić information content (AvgIpc) is 3.50. The van der Waals surface area contributed by atoms with Crippen LogP contribution >= 0.6 is 0 Å². The number of amides is 2. The standard InChI is InChI=1S/C32H38FN3O5S/c1-4-30(32(38)34-26-7-5-6-8-26)35(21-24-11-13-25(33)14-12-24)31(37)22-36(27-15-17-28(41-3)18-16-27)42(39,40)29-19-9-23(2)10-20-29/h9-20,26,30H,4-8,21-22H2,1-3H3,(H,34,38)/t30-/m1/s1. The monoisotopic (exact) mass is 595 g/mol. The maximum absolute atomic E-state index is 14.1. The molecule has 3 aromatic carbocycles. The highest BCUT2D eigenvalue weighted by Gasteiger charge is 2.34. The van der Waals surface area contributed by atoms with Crippen molar-refractivity contribution in [1.82, 2.24) is 10.2 Å². The highest BCUT2D eigenvalue weighted by Crippen LogP contribution is 2.27. The van der Waals surface area contributed by atoms with Gasteiger partial charge in [-0.3, -0.25) is 13.9 Å². The fraction of sp³-hybridized carbons (Fsp3) is 0.375. The first kappa shape index (κ1) is 31.0. The third kappa shape index (κ3) is 7.47. The van der Waals surface area contributed by atoms with Crippen molar-refractivity contribution in [3.05, 3.63) is 89.7 Å². The SMILES string of the molecule is CC[C@H](C(=O)NC1CCCC1)N(Cc1ccc(F)cc1)C(=O)CN(c1ccc(OC)cc1)S(=O)(=O)c1ccc(C)cc1. The van der Waals surface area contributed by atoms with E-state index in [0.29, 0.717) is 17.7 Å². The third-order valence-electron chi connectivity index (χ3n) is 7.60. The minimum atomic E-state index is -4.17. The molecule has 8 nitrogen and oxygen atoms in total. The van der Waals surface area contributed by atoms with E-state index in [4.69, 9.17) is 4.74 Å². The Balaban J connectivity index is 1.71. The number of ether oxygens (including phenoxy) is 1. The Labute approximate surface area is 247 Å². The molecule has 0 aliphatic heterocycles. The van der Waals surface area contributed by atoms with Crippen molar-refractivity contribution in [3.63, 3.8) is 0 Å². The number of sulfonamides is 1. The summed E-state index contributed by atoms with van der Waals surface area (Å²) in [5.41, 5.74) is 1.79. The highest BCUT2D eigenvalue weighted by molar-refractivity contribution is 7.92. The van der Waals surface area contributed by atoms with Crippen molar-refractivity contribution >= 4 is 27.5 Å². The van der Waals surface area contributed by atoms with Crippen LogP contribution in [0, 0.1) is 12.7 Å². The van der Waals surface area contributed by atoms with Gasteiger partial charge in [0, 0.05) is 12.6 Å². The molecule has 0 aromatic heterocycles. The largest absolute Gasteiger partial charge is 0.497 e. The Morgan fingerprint density at radius 1 is 0.976 bits per heavy atom. The zero-order valence-corrected chi connectivity index (χ0v) is 25.1. The predicted octanol–water partition coefficient (Wildman–Crippen LogP) is 5.20. The Morgan fingerprint density at radius 3 is 2.17 bits per heavy atom.